The quantitative estimate of drug-likeness (QED) is 0.688. The lowest BCUT2D eigenvalue weighted by atomic mass is 9.90. The standard InChI is InChI=1S/C12H18O/c1-9(2)10(3)11-6-5-7-12(8-11)13-4/h5-10H,1-4H3/t10-/m0/s1. The maximum absolute atomic E-state index is 5.18. The topological polar surface area (TPSA) is 9.23 Å². The molecular weight excluding hydrogens is 160 g/mol. The molecule has 1 aromatic rings. The average Bonchev–Trinajstić information content (AvgIpc) is 2.16. The second kappa shape index (κ2) is 4.31. The van der Waals surface area contributed by atoms with Crippen molar-refractivity contribution < 1.29 is 4.74 Å². The highest BCUT2D eigenvalue weighted by Gasteiger charge is 2.09. The molecule has 0 N–H and O–H groups in total. The smallest absolute Gasteiger partial charge is 0.119 e. The third-order valence-corrected chi connectivity index (χ3v) is 2.62. The molecule has 0 aromatic heterocycles. The van der Waals surface area contributed by atoms with Crippen molar-refractivity contribution in [1.82, 2.24) is 0 Å². The molecule has 0 spiro atoms. The maximum Gasteiger partial charge on any atom is 0.119 e. The van der Waals surface area contributed by atoms with Crippen LogP contribution in [-0.2, 0) is 0 Å². The van der Waals surface area contributed by atoms with Gasteiger partial charge in [-0.2, -0.15) is 0 Å². The Morgan fingerprint density at radius 1 is 1.15 bits per heavy atom. The first-order valence-corrected chi connectivity index (χ1v) is 4.79. The van der Waals surface area contributed by atoms with Gasteiger partial charge in [0, 0.05) is 0 Å². The van der Waals surface area contributed by atoms with E-state index in [2.05, 4.69) is 32.9 Å². The van der Waals surface area contributed by atoms with Crippen molar-refractivity contribution in [3.63, 3.8) is 0 Å². The number of ether oxygens (including phenoxy) is 1. The SMILES string of the molecule is COc1cccc([C@@H](C)C(C)C)c1. The molecule has 1 aromatic carbocycles. The summed E-state index contributed by atoms with van der Waals surface area (Å²) in [5, 5.41) is 0. The fourth-order valence-electron chi connectivity index (χ4n) is 1.31. The van der Waals surface area contributed by atoms with E-state index >= 15 is 0 Å². The van der Waals surface area contributed by atoms with E-state index in [1.165, 1.54) is 5.56 Å². The molecule has 1 heteroatoms. The van der Waals surface area contributed by atoms with Crippen molar-refractivity contribution in [3.8, 4) is 5.75 Å². The first kappa shape index (κ1) is 10.1. The molecule has 0 radical (unpaired) electrons. The number of methoxy groups -OCH3 is 1. The Kier molecular flexibility index (Phi) is 3.35. The number of hydrogen-bond acceptors (Lipinski definition) is 1. The Morgan fingerprint density at radius 3 is 2.38 bits per heavy atom. The van der Waals surface area contributed by atoms with E-state index in [4.69, 9.17) is 4.74 Å². The van der Waals surface area contributed by atoms with Gasteiger partial charge >= 0.3 is 0 Å². The van der Waals surface area contributed by atoms with E-state index in [1.54, 1.807) is 7.11 Å². The molecular formula is C12H18O. The molecule has 13 heavy (non-hydrogen) atoms. The average molecular weight is 178 g/mol. The summed E-state index contributed by atoms with van der Waals surface area (Å²) in [6, 6.07) is 8.31. The first-order valence-electron chi connectivity index (χ1n) is 4.79. The minimum Gasteiger partial charge on any atom is -0.497 e. The van der Waals surface area contributed by atoms with Crippen LogP contribution in [0.25, 0.3) is 0 Å². The molecule has 0 aliphatic rings. The van der Waals surface area contributed by atoms with Gasteiger partial charge in [-0.1, -0.05) is 32.9 Å². The normalized spacial score (nSPS) is 13.0. The summed E-state index contributed by atoms with van der Waals surface area (Å²) >= 11 is 0. The molecule has 0 amide bonds. The zero-order valence-corrected chi connectivity index (χ0v) is 8.87. The van der Waals surface area contributed by atoms with E-state index in [-0.39, 0.29) is 0 Å². The van der Waals surface area contributed by atoms with Gasteiger partial charge in [0.05, 0.1) is 7.11 Å². The molecule has 0 fully saturated rings. The first-order chi connectivity index (χ1) is 6.15. The van der Waals surface area contributed by atoms with Gasteiger partial charge in [0.15, 0.2) is 0 Å². The summed E-state index contributed by atoms with van der Waals surface area (Å²) in [7, 11) is 1.71. The molecule has 0 unspecified atom stereocenters. The molecule has 1 atom stereocenters. The van der Waals surface area contributed by atoms with Crippen LogP contribution in [0.3, 0.4) is 0 Å². The van der Waals surface area contributed by atoms with Crippen LogP contribution in [0.15, 0.2) is 24.3 Å². The Hall–Kier alpha value is -0.980. The third kappa shape index (κ3) is 2.48. The zero-order valence-electron chi connectivity index (χ0n) is 8.87. The fraction of sp³-hybridized carbons (Fsp3) is 0.500. The van der Waals surface area contributed by atoms with Crippen molar-refractivity contribution in [1.29, 1.82) is 0 Å². The second-order valence-electron chi connectivity index (χ2n) is 3.81. The summed E-state index contributed by atoms with van der Waals surface area (Å²) in [6.07, 6.45) is 0. The van der Waals surface area contributed by atoms with Gasteiger partial charge in [0.1, 0.15) is 5.75 Å². The largest absolute Gasteiger partial charge is 0.497 e. The van der Waals surface area contributed by atoms with Crippen molar-refractivity contribution in [2.75, 3.05) is 7.11 Å². The van der Waals surface area contributed by atoms with Gasteiger partial charge in [-0.25, -0.2) is 0 Å². The van der Waals surface area contributed by atoms with Crippen LogP contribution in [0.5, 0.6) is 5.75 Å². The molecule has 0 heterocycles. The highest BCUT2D eigenvalue weighted by molar-refractivity contribution is 5.30. The van der Waals surface area contributed by atoms with Gasteiger partial charge in [-0.3, -0.25) is 0 Å². The van der Waals surface area contributed by atoms with Gasteiger partial charge in [-0.05, 0) is 29.5 Å². The Bertz CT molecular complexity index is 266. The van der Waals surface area contributed by atoms with Gasteiger partial charge in [0.2, 0.25) is 0 Å². The Balaban J connectivity index is 2.88. The van der Waals surface area contributed by atoms with Crippen LogP contribution in [0.2, 0.25) is 0 Å². The summed E-state index contributed by atoms with van der Waals surface area (Å²) in [4.78, 5) is 0. The van der Waals surface area contributed by atoms with E-state index < -0.39 is 0 Å². The highest BCUT2D eigenvalue weighted by Crippen LogP contribution is 2.26. The highest BCUT2D eigenvalue weighted by atomic mass is 16.5. The van der Waals surface area contributed by atoms with Gasteiger partial charge in [-0.15, -0.1) is 0 Å². The molecule has 1 rings (SSSR count). The lowest BCUT2D eigenvalue weighted by Crippen LogP contribution is -2.01. The molecule has 0 aliphatic carbocycles. The fourth-order valence-corrected chi connectivity index (χ4v) is 1.31. The van der Waals surface area contributed by atoms with Crippen LogP contribution in [-0.4, -0.2) is 7.11 Å². The number of benzene rings is 1. The van der Waals surface area contributed by atoms with E-state index in [9.17, 15) is 0 Å². The van der Waals surface area contributed by atoms with Crippen LogP contribution in [0, 0.1) is 5.92 Å². The van der Waals surface area contributed by atoms with Crippen molar-refractivity contribution >= 4 is 0 Å². The molecule has 0 saturated heterocycles. The maximum atomic E-state index is 5.18. The third-order valence-electron chi connectivity index (χ3n) is 2.62. The molecule has 0 bridgehead atoms. The Morgan fingerprint density at radius 2 is 1.85 bits per heavy atom. The van der Waals surface area contributed by atoms with E-state index in [0.29, 0.717) is 11.8 Å². The monoisotopic (exact) mass is 178 g/mol. The molecule has 0 aliphatic heterocycles. The summed E-state index contributed by atoms with van der Waals surface area (Å²) in [6.45, 7) is 6.73. The number of rotatable bonds is 3. The minimum absolute atomic E-state index is 0.593. The van der Waals surface area contributed by atoms with Crippen LogP contribution in [0.4, 0.5) is 0 Å². The molecule has 72 valence electrons. The number of hydrogen-bond donors (Lipinski definition) is 0. The Labute approximate surface area is 80.7 Å². The van der Waals surface area contributed by atoms with Crippen molar-refractivity contribution in [3.05, 3.63) is 29.8 Å². The van der Waals surface area contributed by atoms with Crippen LogP contribution >= 0.6 is 0 Å². The zero-order chi connectivity index (χ0) is 9.84. The van der Waals surface area contributed by atoms with E-state index in [0.717, 1.165) is 5.75 Å². The summed E-state index contributed by atoms with van der Waals surface area (Å²) in [5.41, 5.74) is 1.36. The van der Waals surface area contributed by atoms with Gasteiger partial charge < -0.3 is 4.74 Å². The minimum atomic E-state index is 0.593. The van der Waals surface area contributed by atoms with Crippen molar-refractivity contribution in [2.45, 2.75) is 26.7 Å². The lowest BCUT2D eigenvalue weighted by molar-refractivity contribution is 0.413. The van der Waals surface area contributed by atoms with Crippen LogP contribution in [0.1, 0.15) is 32.3 Å². The lowest BCUT2D eigenvalue weighted by Gasteiger charge is -2.16. The van der Waals surface area contributed by atoms with Crippen LogP contribution < -0.4 is 4.74 Å². The summed E-state index contributed by atoms with van der Waals surface area (Å²) < 4.78 is 5.18. The molecule has 1 nitrogen and oxygen atoms in total. The second-order valence-corrected chi connectivity index (χ2v) is 3.81. The molecule has 0 saturated carbocycles. The predicted octanol–water partition coefficient (Wildman–Crippen LogP) is 3.45. The predicted molar refractivity (Wildman–Crippen MR) is 56.2 cm³/mol. The van der Waals surface area contributed by atoms with Gasteiger partial charge in [0.25, 0.3) is 0 Å². The van der Waals surface area contributed by atoms with Crippen molar-refractivity contribution in [2.24, 2.45) is 5.92 Å². The summed E-state index contributed by atoms with van der Waals surface area (Å²) in [5.74, 6) is 2.22. The van der Waals surface area contributed by atoms with E-state index in [1.807, 2.05) is 12.1 Å².